The van der Waals surface area contributed by atoms with Crippen LogP contribution in [0.25, 0.3) is 5.76 Å². The van der Waals surface area contributed by atoms with Gasteiger partial charge in [-0.15, -0.1) is 0 Å². The Morgan fingerprint density at radius 2 is 1.73 bits per heavy atom. The number of aliphatic hydroxyl groups is 3. The summed E-state index contributed by atoms with van der Waals surface area (Å²) in [6, 6.07) is 1.56. The number of phenolic OH excluding ortho intramolecular Hbond substituents is 1. The van der Waals surface area contributed by atoms with Crippen molar-refractivity contribution in [2.45, 2.75) is 56.8 Å². The molecule has 0 heterocycles. The molecule has 11 nitrogen and oxygen atoms in total. The number of esters is 1. The molecule has 0 spiro atoms. The Kier molecular flexibility index (Phi) is 6.78. The van der Waals surface area contributed by atoms with Gasteiger partial charge < -0.3 is 30.9 Å². The number of fused-ring (bicyclic) bond motifs is 3. The predicted octanol–water partition coefficient (Wildman–Crippen LogP) is 1.38. The average Bonchev–Trinajstić information content (AvgIpc) is 2.90. The number of ketones is 2. The van der Waals surface area contributed by atoms with Crippen LogP contribution < -0.4 is 5.73 Å². The van der Waals surface area contributed by atoms with Gasteiger partial charge in [-0.25, -0.2) is 0 Å². The molecule has 0 aromatic heterocycles. The molecule has 2 saturated carbocycles. The Morgan fingerprint density at radius 1 is 1.07 bits per heavy atom. The summed E-state index contributed by atoms with van der Waals surface area (Å²) in [6.45, 7) is 1.73. The number of hydrogen-bond donors (Lipinski definition) is 5. The van der Waals surface area contributed by atoms with E-state index in [2.05, 4.69) is 0 Å². The third-order valence-electron chi connectivity index (χ3n) is 8.84. The number of phenols is 1. The molecule has 5 rings (SSSR count). The van der Waals surface area contributed by atoms with E-state index >= 15 is 0 Å². The normalized spacial score (nSPS) is 30.6. The second-order valence-corrected chi connectivity index (χ2v) is 11.4. The number of hydrogen-bond acceptors (Lipinski definition) is 10. The van der Waals surface area contributed by atoms with Crippen LogP contribution in [0, 0.1) is 31.1 Å². The fourth-order valence-electron chi connectivity index (χ4n) is 6.87. The van der Waals surface area contributed by atoms with E-state index in [1.807, 2.05) is 0 Å². The van der Waals surface area contributed by atoms with Gasteiger partial charge in [0, 0.05) is 17.9 Å². The summed E-state index contributed by atoms with van der Waals surface area (Å²) in [6.07, 6.45) is 3.96. The van der Waals surface area contributed by atoms with E-state index in [0.717, 1.165) is 19.3 Å². The Labute approximate surface area is 230 Å². The lowest BCUT2D eigenvalue weighted by Crippen LogP contribution is -2.70. The third kappa shape index (κ3) is 3.86. The molecule has 0 saturated heterocycles. The zero-order chi connectivity index (χ0) is 29.3. The van der Waals surface area contributed by atoms with E-state index in [9.17, 15) is 39.6 Å². The quantitative estimate of drug-likeness (QED) is 0.269. The molecule has 0 aliphatic heterocycles. The van der Waals surface area contributed by atoms with Gasteiger partial charge in [0.15, 0.2) is 11.4 Å². The van der Waals surface area contributed by atoms with Crippen LogP contribution in [0.2, 0.25) is 0 Å². The second-order valence-electron chi connectivity index (χ2n) is 11.4. The Balaban J connectivity index is 1.77. The molecule has 1 radical (unpaired) electrons. The molecule has 0 bridgehead atoms. The SMILES string of the molecule is Cc1ccc(O)c2c1[CH][C@H]1C(=C2O)C(=O)[C@@]2(O)C(O)=C(C(N)=O)C(=O)[C@H](N(C)C)[C@H]2[C@@H]1OC(=O)C1CCCCC1. The van der Waals surface area contributed by atoms with Gasteiger partial charge in [0.1, 0.15) is 28.9 Å². The molecule has 11 heteroatoms. The van der Waals surface area contributed by atoms with Gasteiger partial charge in [-0.05, 0) is 51.1 Å². The maximum atomic E-state index is 14.1. The van der Waals surface area contributed by atoms with Crippen LogP contribution in [0.3, 0.4) is 0 Å². The Morgan fingerprint density at radius 3 is 2.33 bits per heavy atom. The lowest BCUT2D eigenvalue weighted by molar-refractivity contribution is -0.185. The van der Waals surface area contributed by atoms with Crippen LogP contribution in [0.5, 0.6) is 5.75 Å². The number of aromatic hydroxyl groups is 1. The van der Waals surface area contributed by atoms with Crippen LogP contribution in [-0.2, 0) is 23.9 Å². The summed E-state index contributed by atoms with van der Waals surface area (Å²) in [5.74, 6) is -9.45. The fraction of sp³-hybridized carbons (Fsp3) is 0.483. The number of rotatable bonds is 4. The largest absolute Gasteiger partial charge is 0.508 e. The van der Waals surface area contributed by atoms with Gasteiger partial charge in [-0.3, -0.25) is 24.1 Å². The highest BCUT2D eigenvalue weighted by Crippen LogP contribution is 2.54. The molecule has 1 aromatic carbocycles. The number of likely N-dealkylation sites (N-methyl/N-ethyl adjacent to an activating group) is 1. The maximum absolute atomic E-state index is 14.1. The zero-order valence-corrected chi connectivity index (χ0v) is 22.5. The fourth-order valence-corrected chi connectivity index (χ4v) is 6.87. The highest BCUT2D eigenvalue weighted by Gasteiger charge is 2.69. The van der Waals surface area contributed by atoms with Crippen molar-refractivity contribution in [2.75, 3.05) is 14.1 Å². The van der Waals surface area contributed by atoms with E-state index in [1.165, 1.54) is 25.1 Å². The number of aryl methyl sites for hydroxylation is 1. The number of nitrogens with two attached hydrogens (primary N) is 1. The monoisotopic (exact) mass is 553 g/mol. The number of amides is 1. The molecular weight excluding hydrogens is 520 g/mol. The van der Waals surface area contributed by atoms with Gasteiger partial charge in [0.2, 0.25) is 5.78 Å². The lowest BCUT2D eigenvalue weighted by atomic mass is 9.56. The van der Waals surface area contributed by atoms with Crippen molar-refractivity contribution in [3.8, 4) is 5.75 Å². The van der Waals surface area contributed by atoms with E-state index in [-0.39, 0.29) is 11.3 Å². The minimum Gasteiger partial charge on any atom is -0.508 e. The molecule has 4 aliphatic rings. The molecular formula is C29H33N2O9. The topological polar surface area (TPSA) is 188 Å². The van der Waals surface area contributed by atoms with Gasteiger partial charge in [0.05, 0.1) is 23.4 Å². The van der Waals surface area contributed by atoms with E-state index in [0.29, 0.717) is 24.0 Å². The first-order chi connectivity index (χ1) is 18.8. The molecule has 2 fully saturated rings. The minimum atomic E-state index is -2.95. The Bertz CT molecular complexity index is 1390. The van der Waals surface area contributed by atoms with Gasteiger partial charge in [-0.1, -0.05) is 25.3 Å². The summed E-state index contributed by atoms with van der Waals surface area (Å²) in [5, 5.41) is 45.2. The third-order valence-corrected chi connectivity index (χ3v) is 8.84. The molecule has 4 aliphatic carbocycles. The second kappa shape index (κ2) is 9.74. The van der Waals surface area contributed by atoms with Gasteiger partial charge >= 0.3 is 5.97 Å². The standard InChI is InChI=1S/C29H33N2O9/c1-12-9-10-16(32)17-14(12)11-15-18(22(17)33)25(35)29(39)20(24(15)40-28(38)13-7-5-4-6-8-13)21(31(2)3)23(34)19(26(29)36)27(30)37/h9-11,13,15,20-21,24,32-33,36,39H,4-8H2,1-3H3,(H2,30,37)/t15-,20-,21+,24+,29+/m0/s1. The van der Waals surface area contributed by atoms with Gasteiger partial charge in [0.25, 0.3) is 5.91 Å². The van der Waals surface area contributed by atoms with E-state index in [4.69, 9.17) is 10.5 Å². The summed E-state index contributed by atoms with van der Waals surface area (Å²) >= 11 is 0. The highest BCUT2D eigenvalue weighted by molar-refractivity contribution is 6.24. The summed E-state index contributed by atoms with van der Waals surface area (Å²) in [5.41, 5.74) is 2.07. The number of benzene rings is 1. The number of primary amides is 1. The first-order valence-electron chi connectivity index (χ1n) is 13.3. The van der Waals surface area contributed by atoms with E-state index < -0.39 is 81.6 Å². The molecule has 1 aromatic rings. The number of ether oxygens (including phenoxy) is 1. The average molecular weight is 554 g/mol. The van der Waals surface area contributed by atoms with Crippen LogP contribution in [0.1, 0.15) is 48.8 Å². The molecule has 6 N–H and O–H groups in total. The van der Waals surface area contributed by atoms with Crippen molar-refractivity contribution in [1.29, 1.82) is 0 Å². The lowest BCUT2D eigenvalue weighted by Gasteiger charge is -2.53. The molecule has 40 heavy (non-hydrogen) atoms. The highest BCUT2D eigenvalue weighted by atomic mass is 16.5. The summed E-state index contributed by atoms with van der Waals surface area (Å²) in [4.78, 5) is 54.8. The van der Waals surface area contributed by atoms with Gasteiger partial charge in [-0.2, -0.15) is 0 Å². The van der Waals surface area contributed by atoms with Crippen LogP contribution >= 0.6 is 0 Å². The number of aliphatic hydroxyl groups excluding tert-OH is 2. The van der Waals surface area contributed by atoms with Crippen molar-refractivity contribution >= 4 is 29.2 Å². The van der Waals surface area contributed by atoms with Crippen molar-refractivity contribution < 1.29 is 44.3 Å². The van der Waals surface area contributed by atoms with Crippen molar-refractivity contribution in [2.24, 2.45) is 23.5 Å². The number of nitrogens with zero attached hydrogens (tertiary/aromatic N) is 1. The minimum absolute atomic E-state index is 0.0614. The van der Waals surface area contributed by atoms with Crippen LogP contribution in [0.4, 0.5) is 0 Å². The number of carbonyl (C=O) groups is 4. The summed E-state index contributed by atoms with van der Waals surface area (Å²) < 4.78 is 6.07. The smallest absolute Gasteiger partial charge is 0.309 e. The van der Waals surface area contributed by atoms with E-state index in [1.54, 1.807) is 19.4 Å². The number of Topliss-reactive ketones (excluding diaryl/α,β-unsaturated/α-hetero) is 2. The molecule has 5 atom stereocenters. The van der Waals surface area contributed by atoms with Crippen LogP contribution in [-0.4, -0.2) is 80.6 Å². The Hall–Kier alpha value is -3.70. The molecule has 1 amide bonds. The summed E-state index contributed by atoms with van der Waals surface area (Å²) in [7, 11) is 2.97. The molecule has 213 valence electrons. The first kappa shape index (κ1) is 27.9. The van der Waals surface area contributed by atoms with Crippen LogP contribution in [0.15, 0.2) is 29.0 Å². The zero-order valence-electron chi connectivity index (χ0n) is 22.5. The first-order valence-corrected chi connectivity index (χ1v) is 13.3. The molecule has 0 unspecified atom stereocenters. The number of carbonyl (C=O) groups excluding carboxylic acids is 4. The van der Waals surface area contributed by atoms with Crippen molar-refractivity contribution in [1.82, 2.24) is 4.90 Å². The maximum Gasteiger partial charge on any atom is 0.309 e. The van der Waals surface area contributed by atoms with Crippen molar-refractivity contribution in [3.05, 3.63) is 52.1 Å². The van der Waals surface area contributed by atoms with Crippen molar-refractivity contribution in [3.63, 3.8) is 0 Å². The predicted molar refractivity (Wildman–Crippen MR) is 141 cm³/mol.